The number of nitrogens with zero attached hydrogens (tertiary/aromatic N) is 3. The van der Waals surface area contributed by atoms with Gasteiger partial charge in [0.15, 0.2) is 0 Å². The van der Waals surface area contributed by atoms with E-state index in [0.717, 1.165) is 16.6 Å². The molecule has 4 rings (SSSR count). The van der Waals surface area contributed by atoms with Crippen molar-refractivity contribution in [3.8, 4) is 0 Å². The number of benzene rings is 2. The lowest BCUT2D eigenvalue weighted by molar-refractivity contribution is -0.258. The second kappa shape index (κ2) is 4.65. The number of aliphatic hydroxyl groups is 1. The first-order valence-corrected chi connectivity index (χ1v) is 6.96. The van der Waals surface area contributed by atoms with Crippen LogP contribution in [0.25, 0.3) is 11.0 Å². The minimum absolute atomic E-state index is 0.0468. The molecule has 0 spiro atoms. The molecule has 0 bridgehead atoms. The highest BCUT2D eigenvalue weighted by atomic mass is 16.6. The van der Waals surface area contributed by atoms with Gasteiger partial charge in [-0.1, -0.05) is 42.5 Å². The van der Waals surface area contributed by atoms with E-state index in [4.69, 9.17) is 4.74 Å². The van der Waals surface area contributed by atoms with E-state index in [1.165, 1.54) is 4.80 Å². The van der Waals surface area contributed by atoms with Gasteiger partial charge in [-0.05, 0) is 17.7 Å². The maximum Gasteiger partial charge on any atom is 0.211 e. The number of aliphatic hydroxyl groups excluding tert-OH is 1. The van der Waals surface area contributed by atoms with Crippen molar-refractivity contribution in [1.29, 1.82) is 0 Å². The summed E-state index contributed by atoms with van der Waals surface area (Å²) in [5.74, 6) is 0.0468. The van der Waals surface area contributed by atoms with Crippen LogP contribution < -0.4 is 0 Å². The minimum Gasteiger partial charge on any atom is -0.391 e. The zero-order valence-corrected chi connectivity index (χ0v) is 11.4. The second-order valence-corrected chi connectivity index (χ2v) is 5.26. The molecule has 2 aromatic carbocycles. The lowest BCUT2D eigenvalue weighted by atomic mass is 9.85. The fourth-order valence-corrected chi connectivity index (χ4v) is 2.85. The van der Waals surface area contributed by atoms with Crippen LogP contribution in [0.1, 0.15) is 11.5 Å². The third kappa shape index (κ3) is 1.78. The van der Waals surface area contributed by atoms with Gasteiger partial charge in [0, 0.05) is 0 Å². The monoisotopic (exact) mass is 281 g/mol. The number of rotatable bonds is 3. The van der Waals surface area contributed by atoms with Crippen molar-refractivity contribution < 1.29 is 9.84 Å². The van der Waals surface area contributed by atoms with Crippen molar-refractivity contribution in [1.82, 2.24) is 15.0 Å². The molecule has 5 nitrogen and oxygen atoms in total. The van der Waals surface area contributed by atoms with Gasteiger partial charge >= 0.3 is 0 Å². The molecule has 1 fully saturated rings. The summed E-state index contributed by atoms with van der Waals surface area (Å²) >= 11 is 0. The third-order valence-corrected chi connectivity index (χ3v) is 4.10. The molecule has 21 heavy (non-hydrogen) atoms. The molecule has 0 amide bonds. The Balaban J connectivity index is 1.80. The highest BCUT2D eigenvalue weighted by molar-refractivity contribution is 5.73. The molecule has 2 atom stereocenters. The molecule has 0 saturated carbocycles. The van der Waals surface area contributed by atoms with Gasteiger partial charge in [0.25, 0.3) is 0 Å². The molecule has 2 heterocycles. The number of ether oxygens (including phenoxy) is 1. The Kier molecular flexibility index (Phi) is 2.77. The average molecular weight is 281 g/mol. The Morgan fingerprint density at radius 1 is 1.05 bits per heavy atom. The van der Waals surface area contributed by atoms with E-state index >= 15 is 0 Å². The average Bonchev–Trinajstić information content (AvgIpc) is 2.92. The molecule has 0 radical (unpaired) electrons. The Morgan fingerprint density at radius 2 is 1.67 bits per heavy atom. The van der Waals surface area contributed by atoms with E-state index in [-0.39, 0.29) is 12.5 Å². The largest absolute Gasteiger partial charge is 0.391 e. The van der Waals surface area contributed by atoms with Gasteiger partial charge < -0.3 is 9.84 Å². The van der Waals surface area contributed by atoms with E-state index in [2.05, 4.69) is 10.2 Å². The maximum absolute atomic E-state index is 9.92. The van der Waals surface area contributed by atoms with E-state index in [9.17, 15) is 5.11 Å². The molecule has 1 saturated heterocycles. The van der Waals surface area contributed by atoms with Gasteiger partial charge in [-0.2, -0.15) is 10.2 Å². The van der Waals surface area contributed by atoms with Crippen LogP contribution in [-0.4, -0.2) is 33.3 Å². The van der Waals surface area contributed by atoms with Crippen LogP contribution in [-0.2, 0) is 10.5 Å². The van der Waals surface area contributed by atoms with Crippen molar-refractivity contribution in [2.45, 2.75) is 11.6 Å². The second-order valence-electron chi connectivity index (χ2n) is 5.26. The topological polar surface area (TPSA) is 60.2 Å². The van der Waals surface area contributed by atoms with Gasteiger partial charge in [-0.25, -0.2) is 0 Å². The van der Waals surface area contributed by atoms with Gasteiger partial charge in [0.05, 0.1) is 19.1 Å². The molecule has 1 N–H and O–H groups in total. The highest BCUT2D eigenvalue weighted by Gasteiger charge is 2.52. The van der Waals surface area contributed by atoms with Gasteiger partial charge in [-0.3, -0.25) is 0 Å². The molecule has 1 aliphatic heterocycles. The molecular formula is C16H15N3O2. The zero-order chi connectivity index (χ0) is 14.3. The SMILES string of the molecule is OC[C@]1(n2nc3ccccc3n2)OCC1c1ccccc1. The summed E-state index contributed by atoms with van der Waals surface area (Å²) in [6.07, 6.45) is 0. The third-order valence-electron chi connectivity index (χ3n) is 4.10. The van der Waals surface area contributed by atoms with E-state index in [1.54, 1.807) is 0 Å². The fourth-order valence-electron chi connectivity index (χ4n) is 2.85. The summed E-state index contributed by atoms with van der Waals surface area (Å²) in [5, 5.41) is 18.9. The lowest BCUT2D eigenvalue weighted by Crippen LogP contribution is -2.57. The summed E-state index contributed by atoms with van der Waals surface area (Å²) in [6, 6.07) is 17.7. The maximum atomic E-state index is 9.92. The van der Waals surface area contributed by atoms with Crippen LogP contribution >= 0.6 is 0 Å². The van der Waals surface area contributed by atoms with Crippen LogP contribution in [0.5, 0.6) is 0 Å². The molecule has 1 aromatic heterocycles. The van der Waals surface area contributed by atoms with Crippen LogP contribution in [0, 0.1) is 0 Å². The number of hydrogen-bond acceptors (Lipinski definition) is 4. The van der Waals surface area contributed by atoms with Gasteiger partial charge in [0.1, 0.15) is 11.0 Å². The first-order chi connectivity index (χ1) is 10.3. The van der Waals surface area contributed by atoms with E-state index in [0.29, 0.717) is 6.61 Å². The highest BCUT2D eigenvalue weighted by Crippen LogP contribution is 2.44. The van der Waals surface area contributed by atoms with E-state index < -0.39 is 5.72 Å². The number of hydrogen-bond donors (Lipinski definition) is 1. The fraction of sp³-hybridized carbons (Fsp3) is 0.250. The van der Waals surface area contributed by atoms with E-state index in [1.807, 2.05) is 54.6 Å². The zero-order valence-electron chi connectivity index (χ0n) is 11.4. The first kappa shape index (κ1) is 12.5. The van der Waals surface area contributed by atoms with Crippen molar-refractivity contribution in [2.75, 3.05) is 13.2 Å². The summed E-state index contributed by atoms with van der Waals surface area (Å²) in [4.78, 5) is 1.53. The molecule has 5 heteroatoms. The van der Waals surface area contributed by atoms with Crippen LogP contribution in [0.3, 0.4) is 0 Å². The molecular weight excluding hydrogens is 266 g/mol. The Morgan fingerprint density at radius 3 is 2.19 bits per heavy atom. The van der Waals surface area contributed by atoms with Crippen molar-refractivity contribution in [3.05, 3.63) is 60.2 Å². The molecule has 3 aromatic rings. The van der Waals surface area contributed by atoms with Crippen LogP contribution in [0.2, 0.25) is 0 Å². The van der Waals surface area contributed by atoms with Gasteiger partial charge in [-0.15, -0.1) is 4.80 Å². The minimum atomic E-state index is -0.902. The standard InChI is InChI=1S/C16H15N3O2/c20-11-16(13(10-21-16)12-6-2-1-3-7-12)19-17-14-8-4-5-9-15(14)18-19/h1-9,13,20H,10-11H2/t13?,16-/m0/s1. The van der Waals surface area contributed by atoms with Crippen LogP contribution in [0.15, 0.2) is 54.6 Å². The number of fused-ring (bicyclic) bond motifs is 1. The normalized spacial score (nSPS) is 24.9. The Bertz CT molecular complexity index is 734. The Hall–Kier alpha value is -2.24. The summed E-state index contributed by atoms with van der Waals surface area (Å²) < 4.78 is 5.74. The lowest BCUT2D eigenvalue weighted by Gasteiger charge is -2.46. The first-order valence-electron chi connectivity index (χ1n) is 6.96. The predicted molar refractivity (Wildman–Crippen MR) is 77.7 cm³/mol. The summed E-state index contributed by atoms with van der Waals surface area (Å²) in [5.41, 5.74) is 1.82. The number of aromatic nitrogens is 3. The molecule has 1 unspecified atom stereocenters. The molecule has 1 aliphatic rings. The van der Waals surface area contributed by atoms with Gasteiger partial charge in [0.2, 0.25) is 5.72 Å². The predicted octanol–water partition coefficient (Wildman–Crippen LogP) is 1.89. The summed E-state index contributed by atoms with van der Waals surface area (Å²) in [6.45, 7) is 0.399. The van der Waals surface area contributed by atoms with Crippen molar-refractivity contribution >= 4 is 11.0 Å². The molecule has 0 aliphatic carbocycles. The molecule has 106 valence electrons. The quantitative estimate of drug-likeness (QED) is 0.796. The Labute approximate surface area is 121 Å². The van der Waals surface area contributed by atoms with Crippen molar-refractivity contribution in [2.24, 2.45) is 0 Å². The van der Waals surface area contributed by atoms with Crippen LogP contribution in [0.4, 0.5) is 0 Å². The summed E-state index contributed by atoms with van der Waals surface area (Å²) in [7, 11) is 0. The smallest absolute Gasteiger partial charge is 0.211 e. The van der Waals surface area contributed by atoms with Crippen molar-refractivity contribution in [3.63, 3.8) is 0 Å².